The summed E-state index contributed by atoms with van der Waals surface area (Å²) in [4.78, 5) is 37.4. The molecule has 0 unspecified atom stereocenters. The number of urea groups is 1. The van der Waals surface area contributed by atoms with Gasteiger partial charge in [-0.15, -0.1) is 0 Å². The largest absolute Gasteiger partial charge is 0.350 e. The average Bonchev–Trinajstić information content (AvgIpc) is 2.89. The number of carbonyl (C=O) groups is 3. The number of para-hydroxylation sites is 1. The number of amides is 4. The smallest absolute Gasteiger partial charge is 0.318 e. The number of benzene rings is 3. The van der Waals surface area contributed by atoms with Crippen molar-refractivity contribution in [2.24, 2.45) is 5.73 Å². The first-order chi connectivity index (χ1) is 18.1. The molecule has 0 aliphatic carbocycles. The van der Waals surface area contributed by atoms with Gasteiger partial charge in [-0.25, -0.2) is 4.79 Å². The maximum absolute atomic E-state index is 13.1. The minimum absolute atomic E-state index is 0.125. The molecule has 0 aliphatic rings. The van der Waals surface area contributed by atoms with Gasteiger partial charge in [0.25, 0.3) is 0 Å². The number of aryl methyl sites for hydroxylation is 1. The maximum Gasteiger partial charge on any atom is 0.318 e. The molecule has 0 radical (unpaired) electrons. The third-order valence-electron chi connectivity index (χ3n) is 5.97. The molecule has 8 nitrogen and oxygen atoms in total. The summed E-state index contributed by atoms with van der Waals surface area (Å²) in [6.07, 6.45) is 1.25. The van der Waals surface area contributed by atoms with Crippen LogP contribution in [-0.2, 0) is 22.6 Å². The fraction of sp³-hybridized carbons (Fsp3) is 0.300. The lowest BCUT2D eigenvalue weighted by Gasteiger charge is -2.22. The third-order valence-corrected chi connectivity index (χ3v) is 5.97. The van der Waals surface area contributed by atoms with Gasteiger partial charge in [-0.2, -0.15) is 0 Å². The van der Waals surface area contributed by atoms with E-state index in [0.717, 1.165) is 22.3 Å². The van der Waals surface area contributed by atoms with Crippen molar-refractivity contribution in [1.29, 1.82) is 0 Å². The van der Waals surface area contributed by atoms with Gasteiger partial charge < -0.3 is 27.0 Å². The lowest BCUT2D eigenvalue weighted by Crippen LogP contribution is -2.49. The van der Waals surface area contributed by atoms with Crippen molar-refractivity contribution < 1.29 is 14.4 Å². The van der Waals surface area contributed by atoms with Crippen LogP contribution < -0.4 is 27.0 Å². The average molecular weight is 516 g/mol. The maximum atomic E-state index is 13.1. The van der Waals surface area contributed by atoms with Crippen LogP contribution in [-0.4, -0.2) is 36.5 Å². The Morgan fingerprint density at radius 2 is 1.53 bits per heavy atom. The molecule has 0 bridgehead atoms. The molecule has 0 saturated heterocycles. The summed E-state index contributed by atoms with van der Waals surface area (Å²) in [7, 11) is 1.57. The van der Waals surface area contributed by atoms with Gasteiger partial charge in [0.05, 0.1) is 5.69 Å². The molecule has 1 atom stereocenters. The van der Waals surface area contributed by atoms with Crippen molar-refractivity contribution in [3.63, 3.8) is 0 Å². The Labute approximate surface area is 224 Å². The van der Waals surface area contributed by atoms with Crippen LogP contribution in [0, 0.1) is 0 Å². The van der Waals surface area contributed by atoms with Crippen molar-refractivity contribution in [2.75, 3.05) is 12.4 Å². The zero-order valence-electron chi connectivity index (χ0n) is 22.2. The van der Waals surface area contributed by atoms with Crippen LogP contribution >= 0.6 is 0 Å². The molecule has 0 fully saturated rings. The number of carbonyl (C=O) groups excluding carboxylic acids is 3. The Morgan fingerprint density at radius 1 is 0.868 bits per heavy atom. The highest BCUT2D eigenvalue weighted by Gasteiger charge is 2.23. The van der Waals surface area contributed by atoms with Gasteiger partial charge in [0.15, 0.2) is 0 Å². The first kappa shape index (κ1) is 28.4. The van der Waals surface area contributed by atoms with Crippen LogP contribution in [0.25, 0.3) is 11.1 Å². The van der Waals surface area contributed by atoms with Crippen LogP contribution in [0.3, 0.4) is 0 Å². The zero-order chi connectivity index (χ0) is 27.5. The van der Waals surface area contributed by atoms with Crippen molar-refractivity contribution in [3.05, 3.63) is 90.0 Å². The molecule has 38 heavy (non-hydrogen) atoms. The van der Waals surface area contributed by atoms with Crippen molar-refractivity contribution in [3.8, 4) is 11.1 Å². The standard InChI is InChI=1S/C30H37N5O3/c1-30(2,31)19-27(36)34-26(18-15-21-9-5-4-6-10-21)28(37)33-20-22-13-16-23(17-14-22)24-11-7-8-12-25(24)35-29(38)32-3/h4-14,16-17,26H,15,18-20,31H2,1-3H3,(H,33,37)(H,34,36)(H2,32,35,38)/t26-/m1/s1. The molecule has 3 aromatic rings. The molecule has 0 saturated carbocycles. The topological polar surface area (TPSA) is 125 Å². The predicted octanol–water partition coefficient (Wildman–Crippen LogP) is 3.97. The van der Waals surface area contributed by atoms with Gasteiger partial charge in [-0.05, 0) is 49.4 Å². The summed E-state index contributed by atoms with van der Waals surface area (Å²) >= 11 is 0. The van der Waals surface area contributed by atoms with Crippen molar-refractivity contribution >= 4 is 23.5 Å². The minimum atomic E-state index is -0.674. The summed E-state index contributed by atoms with van der Waals surface area (Å²) in [5.41, 5.74) is 9.86. The van der Waals surface area contributed by atoms with Gasteiger partial charge in [0, 0.05) is 31.1 Å². The number of anilines is 1. The SMILES string of the molecule is CNC(=O)Nc1ccccc1-c1ccc(CNC(=O)[C@@H](CCc2ccccc2)NC(=O)CC(C)(C)N)cc1. The Kier molecular flexibility index (Phi) is 10.0. The first-order valence-electron chi connectivity index (χ1n) is 12.7. The Morgan fingerprint density at radius 3 is 2.18 bits per heavy atom. The summed E-state index contributed by atoms with van der Waals surface area (Å²) in [5, 5.41) is 11.2. The van der Waals surface area contributed by atoms with Gasteiger partial charge in [0.2, 0.25) is 11.8 Å². The van der Waals surface area contributed by atoms with Crippen LogP contribution in [0.2, 0.25) is 0 Å². The predicted molar refractivity (Wildman–Crippen MR) is 151 cm³/mol. The molecule has 4 amide bonds. The molecule has 0 heterocycles. The van der Waals surface area contributed by atoms with Gasteiger partial charge in [-0.1, -0.05) is 72.8 Å². The van der Waals surface area contributed by atoms with E-state index in [0.29, 0.717) is 25.1 Å². The van der Waals surface area contributed by atoms with Gasteiger partial charge in [-0.3, -0.25) is 9.59 Å². The number of nitrogens with one attached hydrogen (secondary N) is 4. The molecular weight excluding hydrogens is 478 g/mol. The minimum Gasteiger partial charge on any atom is -0.350 e. The molecular formula is C30H37N5O3. The van der Waals surface area contributed by atoms with E-state index in [1.807, 2.05) is 78.9 Å². The molecule has 0 aliphatic heterocycles. The van der Waals surface area contributed by atoms with Crippen LogP contribution in [0.4, 0.5) is 10.5 Å². The second-order valence-corrected chi connectivity index (χ2v) is 9.97. The Hall–Kier alpha value is -4.17. The highest BCUT2D eigenvalue weighted by molar-refractivity contribution is 5.94. The normalized spacial score (nSPS) is 11.8. The monoisotopic (exact) mass is 515 g/mol. The first-order valence-corrected chi connectivity index (χ1v) is 12.7. The van der Waals surface area contributed by atoms with E-state index in [-0.39, 0.29) is 24.3 Å². The molecule has 200 valence electrons. The molecule has 0 aromatic heterocycles. The lowest BCUT2D eigenvalue weighted by atomic mass is 10.0. The fourth-order valence-electron chi connectivity index (χ4n) is 4.03. The van der Waals surface area contributed by atoms with Crippen LogP contribution in [0.15, 0.2) is 78.9 Å². The lowest BCUT2D eigenvalue weighted by molar-refractivity contribution is -0.129. The van der Waals surface area contributed by atoms with E-state index in [4.69, 9.17) is 5.73 Å². The molecule has 6 N–H and O–H groups in total. The fourth-order valence-corrected chi connectivity index (χ4v) is 4.03. The zero-order valence-corrected chi connectivity index (χ0v) is 22.2. The summed E-state index contributed by atoms with van der Waals surface area (Å²) in [6.45, 7) is 3.88. The van der Waals surface area contributed by atoms with Gasteiger partial charge >= 0.3 is 6.03 Å². The van der Waals surface area contributed by atoms with E-state index in [1.54, 1.807) is 20.9 Å². The second-order valence-electron chi connectivity index (χ2n) is 9.97. The third kappa shape index (κ3) is 9.05. The summed E-state index contributed by atoms with van der Waals surface area (Å²) in [5.74, 6) is -0.493. The van der Waals surface area contributed by atoms with E-state index >= 15 is 0 Å². The van der Waals surface area contributed by atoms with Gasteiger partial charge in [0.1, 0.15) is 6.04 Å². The van der Waals surface area contributed by atoms with Crippen molar-refractivity contribution in [2.45, 2.75) is 51.2 Å². The number of hydrogen-bond donors (Lipinski definition) is 5. The number of rotatable bonds is 11. The molecule has 3 rings (SSSR count). The van der Waals surface area contributed by atoms with Crippen molar-refractivity contribution in [1.82, 2.24) is 16.0 Å². The van der Waals surface area contributed by atoms with E-state index in [9.17, 15) is 14.4 Å². The second kappa shape index (κ2) is 13.4. The number of nitrogens with two attached hydrogens (primary N) is 1. The highest BCUT2D eigenvalue weighted by atomic mass is 16.2. The molecule has 0 spiro atoms. The Balaban J connectivity index is 1.65. The highest BCUT2D eigenvalue weighted by Crippen LogP contribution is 2.28. The Bertz CT molecular complexity index is 1220. The summed E-state index contributed by atoms with van der Waals surface area (Å²) < 4.78 is 0. The quantitative estimate of drug-likeness (QED) is 0.265. The van der Waals surface area contributed by atoms with E-state index in [2.05, 4.69) is 21.3 Å². The molecule has 3 aromatic carbocycles. The summed E-state index contributed by atoms with van der Waals surface area (Å²) in [6, 6.07) is 24.2. The van der Waals surface area contributed by atoms with E-state index < -0.39 is 11.6 Å². The van der Waals surface area contributed by atoms with Crippen LogP contribution in [0.1, 0.15) is 37.8 Å². The number of hydrogen-bond acceptors (Lipinski definition) is 4. The van der Waals surface area contributed by atoms with E-state index in [1.165, 1.54) is 0 Å². The van der Waals surface area contributed by atoms with Crippen LogP contribution in [0.5, 0.6) is 0 Å². The molecule has 8 heteroatoms.